The van der Waals surface area contributed by atoms with Crippen molar-refractivity contribution in [2.75, 3.05) is 0 Å². The average Bonchev–Trinajstić information content (AvgIpc) is 1.45. The smallest absolute Gasteiger partial charge is 0.220 e. The maximum Gasteiger partial charge on any atom is 0.220 e. The molecule has 15 aromatic rings. The number of nitrogens with zero attached hydrogens (tertiary/aromatic N) is 4. The maximum absolute atomic E-state index is 5.68. The minimum atomic E-state index is 0.284. The molecule has 1 aliphatic carbocycles. The van der Waals surface area contributed by atoms with E-state index in [4.69, 9.17) is 4.42 Å². The molecule has 0 aliphatic heterocycles. The van der Waals surface area contributed by atoms with Crippen LogP contribution in [-0.4, -0.2) is 0 Å². The maximum atomic E-state index is 5.68. The number of hydrogen-bond donors (Lipinski definition) is 0. The van der Waals surface area contributed by atoms with Crippen molar-refractivity contribution in [2.24, 2.45) is 49.9 Å². The number of rotatable bonds is 8. The molecule has 109 heavy (non-hydrogen) atoms. The van der Waals surface area contributed by atoms with Crippen LogP contribution in [0, 0.1) is 77.0 Å². The quantitative estimate of drug-likeness (QED) is 0.139. The van der Waals surface area contributed by atoms with Crippen molar-refractivity contribution >= 4 is 86.3 Å². The fraction of sp³-hybridized carbons (Fsp3) is 0.340. The van der Waals surface area contributed by atoms with E-state index in [1.54, 1.807) is 17.4 Å². The molecule has 6 aromatic heterocycles. The van der Waals surface area contributed by atoms with Crippen LogP contribution >= 0.6 is 11.3 Å². The van der Waals surface area contributed by atoms with E-state index in [0.717, 1.165) is 36.7 Å². The molecular formula is C103H118N4OS+4. The number of pyridine rings is 4. The molecule has 0 spiro atoms. The van der Waals surface area contributed by atoms with Crippen LogP contribution in [0.1, 0.15) is 168 Å². The van der Waals surface area contributed by atoms with Crippen LogP contribution in [0.4, 0.5) is 0 Å². The monoisotopic (exact) mass is 1460 g/mol. The lowest BCUT2D eigenvalue weighted by molar-refractivity contribution is -0.665. The van der Waals surface area contributed by atoms with Gasteiger partial charge in [-0.05, 0) is 266 Å². The zero-order valence-corrected chi connectivity index (χ0v) is 70.8. The molecular weight excluding hydrogens is 1340 g/mol. The van der Waals surface area contributed by atoms with Gasteiger partial charge >= 0.3 is 0 Å². The molecule has 0 amide bonds. The summed E-state index contributed by atoms with van der Waals surface area (Å²) in [6.45, 7) is 45.4. The summed E-state index contributed by atoms with van der Waals surface area (Å²) in [4.78, 5) is 0. The van der Waals surface area contributed by atoms with Crippen molar-refractivity contribution in [1.82, 2.24) is 0 Å². The summed E-state index contributed by atoms with van der Waals surface area (Å²) in [7, 11) is 8.73. The lowest BCUT2D eigenvalue weighted by Gasteiger charge is -2.19. The average molecular weight is 1460 g/mol. The Morgan fingerprint density at radius 1 is 0.312 bits per heavy atom. The lowest BCUT2D eigenvalue weighted by atomic mass is 9.87. The normalized spacial score (nSPS) is 12.6. The molecule has 0 N–H and O–H groups in total. The van der Waals surface area contributed by atoms with Gasteiger partial charge < -0.3 is 4.42 Å². The van der Waals surface area contributed by atoms with Gasteiger partial charge in [0.1, 0.15) is 33.8 Å². The summed E-state index contributed by atoms with van der Waals surface area (Å²) in [5.41, 5.74) is 31.9. The SMILES string of the molecule is Cc1cc2c(cc1-c1c3ccc(CC(C)(C)C)cc3cc(C)[n+]1C)CCC2.Cc1cc2ccccc2cc1-c1c2ccc(CC(C)(C)C)cc2cc(C)[n+]1C.Cc1cc2ccoc2cc1-c1c2ccc(CC(C)(C)C)cc2cc(C)[n+]1C.Cc1cc2ccsc2cc1-c1c2ccc(CC(C)(C)C)cc2cc(C)[n+]1C. The molecule has 0 saturated heterocycles. The number of fused-ring (bicyclic) bond motifs is 8. The first-order chi connectivity index (χ1) is 51.4. The molecule has 0 bridgehead atoms. The fourth-order valence-electron chi connectivity index (χ4n) is 17.1. The number of benzene rings is 9. The third-order valence-electron chi connectivity index (χ3n) is 22.5. The van der Waals surface area contributed by atoms with Crippen LogP contribution in [0.15, 0.2) is 198 Å². The van der Waals surface area contributed by atoms with E-state index in [-0.39, 0.29) is 5.41 Å². The Labute approximate surface area is 655 Å². The highest BCUT2D eigenvalue weighted by Gasteiger charge is 2.28. The van der Waals surface area contributed by atoms with E-state index in [2.05, 4.69) is 366 Å². The van der Waals surface area contributed by atoms with Gasteiger partial charge in [0.15, 0.2) is 22.8 Å². The van der Waals surface area contributed by atoms with E-state index >= 15 is 0 Å². The summed E-state index contributed by atoms with van der Waals surface area (Å²) in [5, 5.41) is 17.9. The second-order valence-corrected chi connectivity index (χ2v) is 37.9. The van der Waals surface area contributed by atoms with Gasteiger partial charge in [-0.25, -0.2) is 0 Å². The van der Waals surface area contributed by atoms with Gasteiger partial charge in [-0.15, -0.1) is 11.3 Å². The standard InChI is InChI=1S/C27H30N.C26H32N.C25H28NO.C25H28NS/c1-18-13-21-9-7-8-10-22(21)16-25(18)26-24-12-11-20(17-27(3,4)5)15-23(24)14-19(2)28(26)6;1-17-12-20-8-7-9-21(20)15-24(17)25-23-11-10-19(16-26(3,4)5)14-22(23)13-18(2)27(25)6;2*1-16-11-19-9-10-27-23(19)14-22(16)24-21-8-7-18(15-25(3,4)5)13-20(21)12-17(2)26(24)6/h7-16H,17H2,1-6H3;10-15H,7-9,16H2,1-6H3;2*7-14H,15H2,1-6H3/q4*+1. The van der Waals surface area contributed by atoms with Crippen LogP contribution in [-0.2, 0) is 66.7 Å². The van der Waals surface area contributed by atoms with Crippen molar-refractivity contribution in [1.29, 1.82) is 0 Å². The van der Waals surface area contributed by atoms with Gasteiger partial charge in [0.05, 0.1) is 50.1 Å². The number of aryl methyl sites for hydroxylation is 10. The summed E-state index contributed by atoms with van der Waals surface area (Å²) in [6, 6.07) is 68.8. The third-order valence-corrected chi connectivity index (χ3v) is 23.4. The van der Waals surface area contributed by atoms with Crippen LogP contribution < -0.4 is 18.3 Å². The van der Waals surface area contributed by atoms with Crippen LogP contribution in [0.3, 0.4) is 0 Å². The number of aromatic nitrogens is 4. The Kier molecular flexibility index (Phi) is 21.6. The Bertz CT molecular complexity index is 5840. The van der Waals surface area contributed by atoms with Gasteiger partial charge in [0.2, 0.25) is 22.8 Å². The summed E-state index contributed by atoms with van der Waals surface area (Å²) in [5.74, 6) is 0. The summed E-state index contributed by atoms with van der Waals surface area (Å²) >= 11 is 1.82. The zero-order valence-electron chi connectivity index (χ0n) is 70.0. The van der Waals surface area contributed by atoms with Gasteiger partial charge in [-0.1, -0.05) is 168 Å². The second-order valence-electron chi connectivity index (χ2n) is 37.0. The van der Waals surface area contributed by atoms with E-state index in [1.807, 2.05) is 17.4 Å². The Morgan fingerprint density at radius 3 is 1.04 bits per heavy atom. The minimum Gasteiger partial charge on any atom is -0.464 e. The van der Waals surface area contributed by atoms with Crippen molar-refractivity contribution in [3.8, 4) is 45.0 Å². The van der Waals surface area contributed by atoms with Crippen LogP contribution in [0.5, 0.6) is 0 Å². The van der Waals surface area contributed by atoms with E-state index in [9.17, 15) is 0 Å². The molecule has 1 aliphatic rings. The first-order valence-corrected chi connectivity index (χ1v) is 40.6. The largest absolute Gasteiger partial charge is 0.464 e. The van der Waals surface area contributed by atoms with E-state index < -0.39 is 0 Å². The first-order valence-electron chi connectivity index (χ1n) is 39.7. The molecule has 0 saturated carbocycles. The van der Waals surface area contributed by atoms with E-state index in [1.165, 1.54) is 196 Å². The topological polar surface area (TPSA) is 28.7 Å². The lowest BCUT2D eigenvalue weighted by Crippen LogP contribution is -2.35. The fourth-order valence-corrected chi connectivity index (χ4v) is 17.9. The van der Waals surface area contributed by atoms with Gasteiger partial charge in [-0.2, -0.15) is 18.3 Å². The van der Waals surface area contributed by atoms with Crippen LogP contribution in [0.2, 0.25) is 0 Å². The molecule has 0 unspecified atom stereocenters. The van der Waals surface area contributed by atoms with Crippen molar-refractivity contribution in [3.05, 3.63) is 272 Å². The minimum absolute atomic E-state index is 0.284. The number of furan rings is 1. The molecule has 0 radical (unpaired) electrons. The predicted molar refractivity (Wildman–Crippen MR) is 467 cm³/mol. The summed E-state index contributed by atoms with van der Waals surface area (Å²) < 4.78 is 16.4. The molecule has 16 rings (SSSR count). The number of hydrogen-bond acceptors (Lipinski definition) is 2. The molecule has 9 aromatic carbocycles. The van der Waals surface area contributed by atoms with Gasteiger partial charge in [-0.3, -0.25) is 0 Å². The number of thiophene rings is 1. The Hall–Kier alpha value is -9.62. The van der Waals surface area contributed by atoms with Crippen molar-refractivity contribution < 1.29 is 22.7 Å². The molecule has 558 valence electrons. The first kappa shape index (κ1) is 77.5. The highest BCUT2D eigenvalue weighted by molar-refractivity contribution is 7.17. The highest BCUT2D eigenvalue weighted by atomic mass is 32.1. The van der Waals surface area contributed by atoms with Crippen LogP contribution in [0.25, 0.3) is 120 Å². The molecule has 0 fully saturated rings. The zero-order chi connectivity index (χ0) is 78.1. The second kappa shape index (κ2) is 30.3. The molecule has 6 heteroatoms. The van der Waals surface area contributed by atoms with Crippen molar-refractivity contribution in [3.63, 3.8) is 0 Å². The predicted octanol–water partition coefficient (Wildman–Crippen LogP) is 25.7. The third kappa shape index (κ3) is 17.1. The highest BCUT2D eigenvalue weighted by Crippen LogP contribution is 2.40. The van der Waals surface area contributed by atoms with Gasteiger partial charge in [0.25, 0.3) is 0 Å². The Morgan fingerprint density at radius 2 is 0.642 bits per heavy atom. The summed E-state index contributed by atoms with van der Waals surface area (Å²) in [6.07, 6.45) is 9.91. The molecule has 0 atom stereocenters. The van der Waals surface area contributed by atoms with Crippen molar-refractivity contribution in [2.45, 2.75) is 183 Å². The van der Waals surface area contributed by atoms with E-state index in [0.29, 0.717) is 16.2 Å². The van der Waals surface area contributed by atoms with Gasteiger partial charge in [0, 0.05) is 62.0 Å². The molecule has 6 heterocycles. The molecule has 5 nitrogen and oxygen atoms in total. The Balaban J connectivity index is 0.000000128.